The largest absolute Gasteiger partial charge is 0.465 e. The highest BCUT2D eigenvalue weighted by Crippen LogP contribution is 2.15. The lowest BCUT2D eigenvalue weighted by atomic mass is 10.1. The Morgan fingerprint density at radius 2 is 2.00 bits per heavy atom. The average Bonchev–Trinajstić information content (AvgIpc) is 2.35. The average molecular weight is 268 g/mol. The highest BCUT2D eigenvalue weighted by atomic mass is 19.1. The van der Waals surface area contributed by atoms with Gasteiger partial charge in [0.05, 0.1) is 25.4 Å². The number of ether oxygens (including phenoxy) is 2. The molecule has 0 aliphatic carbocycles. The quantitative estimate of drug-likeness (QED) is 0.740. The van der Waals surface area contributed by atoms with Crippen molar-refractivity contribution in [2.75, 3.05) is 7.11 Å². The molecule has 0 bridgehead atoms. The SMILES string of the molecule is COC(=O)c1ccc(COC(C)CC(C)C)cc1F. The van der Waals surface area contributed by atoms with Crippen LogP contribution < -0.4 is 0 Å². The molecule has 0 heterocycles. The van der Waals surface area contributed by atoms with Crippen LogP contribution in [0.15, 0.2) is 18.2 Å². The summed E-state index contributed by atoms with van der Waals surface area (Å²) in [7, 11) is 1.23. The second-order valence-electron chi connectivity index (χ2n) is 5.06. The monoisotopic (exact) mass is 268 g/mol. The van der Waals surface area contributed by atoms with E-state index in [-0.39, 0.29) is 11.7 Å². The lowest BCUT2D eigenvalue weighted by Crippen LogP contribution is -2.11. The Bertz CT molecular complexity index is 429. The lowest BCUT2D eigenvalue weighted by Gasteiger charge is -2.15. The number of esters is 1. The molecule has 0 radical (unpaired) electrons. The molecule has 19 heavy (non-hydrogen) atoms. The van der Waals surface area contributed by atoms with E-state index >= 15 is 0 Å². The molecule has 0 aromatic heterocycles. The van der Waals surface area contributed by atoms with E-state index in [0.717, 1.165) is 6.42 Å². The Morgan fingerprint density at radius 1 is 1.32 bits per heavy atom. The van der Waals surface area contributed by atoms with Crippen LogP contribution in [0.25, 0.3) is 0 Å². The molecule has 0 fully saturated rings. The number of carbonyl (C=O) groups excluding carboxylic acids is 1. The van der Waals surface area contributed by atoms with Crippen LogP contribution in [-0.4, -0.2) is 19.2 Å². The summed E-state index contributed by atoms with van der Waals surface area (Å²) in [6, 6.07) is 4.42. The minimum absolute atomic E-state index is 0.0542. The Hall–Kier alpha value is -1.42. The van der Waals surface area contributed by atoms with Gasteiger partial charge in [0, 0.05) is 0 Å². The van der Waals surface area contributed by atoms with Gasteiger partial charge in [-0.1, -0.05) is 19.9 Å². The fourth-order valence-corrected chi connectivity index (χ4v) is 1.89. The van der Waals surface area contributed by atoms with Crippen molar-refractivity contribution in [2.24, 2.45) is 5.92 Å². The first-order valence-corrected chi connectivity index (χ1v) is 6.42. The molecule has 106 valence electrons. The van der Waals surface area contributed by atoms with Crippen LogP contribution in [0.2, 0.25) is 0 Å². The molecule has 1 rings (SSSR count). The van der Waals surface area contributed by atoms with Gasteiger partial charge in [-0.05, 0) is 37.0 Å². The zero-order valence-electron chi connectivity index (χ0n) is 11.9. The van der Waals surface area contributed by atoms with E-state index < -0.39 is 11.8 Å². The summed E-state index contributed by atoms with van der Waals surface area (Å²) in [6.07, 6.45) is 1.09. The summed E-state index contributed by atoms with van der Waals surface area (Å²) in [6.45, 7) is 6.60. The molecule has 0 aliphatic rings. The minimum Gasteiger partial charge on any atom is -0.465 e. The molecule has 0 amide bonds. The maximum absolute atomic E-state index is 13.7. The van der Waals surface area contributed by atoms with Crippen LogP contribution in [0, 0.1) is 11.7 Å². The summed E-state index contributed by atoms with van der Waals surface area (Å²) in [5.74, 6) is -0.684. The van der Waals surface area contributed by atoms with Crippen LogP contribution in [0.1, 0.15) is 43.1 Å². The third kappa shape index (κ3) is 4.99. The molecule has 1 aromatic carbocycles. The normalized spacial score (nSPS) is 12.5. The van der Waals surface area contributed by atoms with Gasteiger partial charge in [0.25, 0.3) is 0 Å². The molecule has 1 aromatic rings. The van der Waals surface area contributed by atoms with E-state index in [1.807, 2.05) is 6.92 Å². The zero-order chi connectivity index (χ0) is 14.4. The van der Waals surface area contributed by atoms with Gasteiger partial charge in [-0.2, -0.15) is 0 Å². The maximum atomic E-state index is 13.7. The van der Waals surface area contributed by atoms with Crippen LogP contribution in [0.5, 0.6) is 0 Å². The van der Waals surface area contributed by atoms with E-state index in [1.54, 1.807) is 6.07 Å². The summed E-state index contributed by atoms with van der Waals surface area (Å²) < 4.78 is 23.8. The van der Waals surface area contributed by atoms with Crippen molar-refractivity contribution in [3.05, 3.63) is 35.1 Å². The molecular weight excluding hydrogens is 247 g/mol. The van der Waals surface area contributed by atoms with Gasteiger partial charge in [0.2, 0.25) is 0 Å². The van der Waals surface area contributed by atoms with Gasteiger partial charge in [-0.15, -0.1) is 0 Å². The van der Waals surface area contributed by atoms with E-state index in [9.17, 15) is 9.18 Å². The fraction of sp³-hybridized carbons (Fsp3) is 0.533. The van der Waals surface area contributed by atoms with Gasteiger partial charge in [-0.3, -0.25) is 0 Å². The first-order valence-electron chi connectivity index (χ1n) is 6.42. The Kier molecular flexibility index (Phi) is 5.96. The number of rotatable bonds is 6. The predicted molar refractivity (Wildman–Crippen MR) is 71.4 cm³/mol. The molecule has 4 heteroatoms. The Balaban J connectivity index is 2.61. The minimum atomic E-state index is -0.668. The van der Waals surface area contributed by atoms with E-state index in [4.69, 9.17) is 4.74 Å². The second kappa shape index (κ2) is 7.24. The number of carbonyl (C=O) groups is 1. The fourth-order valence-electron chi connectivity index (χ4n) is 1.89. The first-order chi connectivity index (χ1) is 8.93. The van der Waals surface area contributed by atoms with Gasteiger partial charge >= 0.3 is 5.97 Å². The van der Waals surface area contributed by atoms with Crippen molar-refractivity contribution in [2.45, 2.75) is 39.9 Å². The molecule has 0 saturated carbocycles. The predicted octanol–water partition coefficient (Wildman–Crippen LogP) is 3.56. The zero-order valence-corrected chi connectivity index (χ0v) is 11.9. The first kappa shape index (κ1) is 15.6. The summed E-state index contributed by atoms with van der Waals surface area (Å²) in [5.41, 5.74) is 0.655. The Labute approximate surface area is 113 Å². The molecule has 0 aliphatic heterocycles. The van der Waals surface area contributed by atoms with E-state index in [1.165, 1.54) is 19.2 Å². The molecule has 0 saturated heterocycles. The molecule has 0 N–H and O–H groups in total. The van der Waals surface area contributed by atoms with E-state index in [0.29, 0.717) is 18.1 Å². The van der Waals surface area contributed by atoms with Crippen molar-refractivity contribution in [1.29, 1.82) is 0 Å². The summed E-state index contributed by atoms with van der Waals surface area (Å²) >= 11 is 0. The lowest BCUT2D eigenvalue weighted by molar-refractivity contribution is 0.0395. The molecular formula is C15H21FO3. The van der Waals surface area contributed by atoms with Crippen LogP contribution >= 0.6 is 0 Å². The smallest absolute Gasteiger partial charge is 0.340 e. The van der Waals surface area contributed by atoms with Crippen molar-refractivity contribution in [1.82, 2.24) is 0 Å². The number of halogens is 1. The van der Waals surface area contributed by atoms with Crippen LogP contribution in [0.4, 0.5) is 4.39 Å². The van der Waals surface area contributed by atoms with Gasteiger partial charge in [-0.25, -0.2) is 9.18 Å². The standard InChI is InChI=1S/C15H21FO3/c1-10(2)7-11(3)19-9-12-5-6-13(14(16)8-12)15(17)18-4/h5-6,8,10-11H,7,9H2,1-4H3. The van der Waals surface area contributed by atoms with E-state index in [2.05, 4.69) is 18.6 Å². The highest BCUT2D eigenvalue weighted by molar-refractivity contribution is 5.89. The van der Waals surface area contributed by atoms with Crippen molar-refractivity contribution < 1.29 is 18.7 Å². The molecule has 1 atom stereocenters. The highest BCUT2D eigenvalue weighted by Gasteiger charge is 2.13. The van der Waals surface area contributed by atoms with Gasteiger partial charge in [0.1, 0.15) is 5.82 Å². The third-order valence-electron chi connectivity index (χ3n) is 2.78. The number of hydrogen-bond acceptors (Lipinski definition) is 3. The number of benzene rings is 1. The van der Waals surface area contributed by atoms with Gasteiger partial charge in [0.15, 0.2) is 0 Å². The summed E-state index contributed by atoms with van der Waals surface area (Å²) in [5, 5.41) is 0. The van der Waals surface area contributed by atoms with Crippen LogP contribution in [0.3, 0.4) is 0 Å². The maximum Gasteiger partial charge on any atom is 0.340 e. The molecule has 0 spiro atoms. The number of methoxy groups -OCH3 is 1. The Morgan fingerprint density at radius 3 is 2.53 bits per heavy atom. The van der Waals surface area contributed by atoms with Crippen LogP contribution in [-0.2, 0) is 16.1 Å². The van der Waals surface area contributed by atoms with Gasteiger partial charge < -0.3 is 9.47 Å². The second-order valence-corrected chi connectivity index (χ2v) is 5.06. The van der Waals surface area contributed by atoms with Crippen molar-refractivity contribution >= 4 is 5.97 Å². The summed E-state index contributed by atoms with van der Waals surface area (Å²) in [4.78, 5) is 11.2. The third-order valence-corrected chi connectivity index (χ3v) is 2.78. The molecule has 1 unspecified atom stereocenters. The molecule has 3 nitrogen and oxygen atoms in total. The van der Waals surface area contributed by atoms with Crippen molar-refractivity contribution in [3.63, 3.8) is 0 Å². The number of hydrogen-bond donors (Lipinski definition) is 0. The topological polar surface area (TPSA) is 35.5 Å². The van der Waals surface area contributed by atoms with Crippen molar-refractivity contribution in [3.8, 4) is 0 Å².